The summed E-state index contributed by atoms with van der Waals surface area (Å²) in [4.78, 5) is 0. The van der Waals surface area contributed by atoms with Gasteiger partial charge in [0.05, 0.1) is 20.1 Å². The zero-order valence-electron chi connectivity index (χ0n) is 9.02. The van der Waals surface area contributed by atoms with Crippen LogP contribution < -0.4 is 5.32 Å². The summed E-state index contributed by atoms with van der Waals surface area (Å²) in [6.45, 7) is 0. The van der Waals surface area contributed by atoms with Crippen molar-refractivity contribution in [2.75, 3.05) is 0 Å². The van der Waals surface area contributed by atoms with Crippen LogP contribution in [-0.4, -0.2) is 0 Å². The maximum Gasteiger partial charge on any atom is 0.101 e. The van der Waals surface area contributed by atoms with Crippen LogP contribution in [0.1, 0.15) is 0 Å². The molecule has 0 aromatic heterocycles. The van der Waals surface area contributed by atoms with Crippen LogP contribution >= 0.6 is 69.6 Å². The molecule has 0 N–H and O–H groups in total. The van der Waals surface area contributed by atoms with Gasteiger partial charge in [0, 0.05) is 10.0 Å². The molecule has 0 atom stereocenters. The average Bonchev–Trinajstić information content (AvgIpc) is 2.25. The van der Waals surface area contributed by atoms with Gasteiger partial charge in [-0.25, -0.2) is 5.32 Å². The normalized spacial score (nSPS) is 10.6. The summed E-state index contributed by atoms with van der Waals surface area (Å²) in [5, 5.41) is 6.33. The van der Waals surface area contributed by atoms with Gasteiger partial charge in [0.25, 0.3) is 0 Å². The SMILES string of the molecule is Clc1cc(Cl)c([N]c2c(Cl)cc(Cl)cc2Cl)c(Cl)c1. The summed E-state index contributed by atoms with van der Waals surface area (Å²) in [6, 6.07) is 6.13. The van der Waals surface area contributed by atoms with Crippen LogP contribution in [-0.2, 0) is 0 Å². The second-order valence-electron chi connectivity index (χ2n) is 3.55. The molecular formula is C12H4Cl6N. The molecule has 2 aromatic carbocycles. The zero-order valence-corrected chi connectivity index (χ0v) is 13.6. The Morgan fingerprint density at radius 3 is 1.05 bits per heavy atom. The molecular weight excluding hydrogens is 371 g/mol. The number of nitrogens with zero attached hydrogens (tertiary/aromatic N) is 1. The summed E-state index contributed by atoms with van der Waals surface area (Å²) in [5.41, 5.74) is 0.692. The third-order valence-electron chi connectivity index (χ3n) is 2.19. The van der Waals surface area contributed by atoms with Crippen molar-refractivity contribution in [3.05, 3.63) is 54.4 Å². The molecule has 99 valence electrons. The summed E-state index contributed by atoms with van der Waals surface area (Å²) < 4.78 is 0. The van der Waals surface area contributed by atoms with Crippen molar-refractivity contribution in [2.24, 2.45) is 0 Å². The standard InChI is InChI=1S/C12H4Cl6N/c13-5-1-7(15)11(8(16)2-5)19-12-9(17)3-6(14)4-10(12)18/h1-4H. The van der Waals surface area contributed by atoms with Gasteiger partial charge in [0.2, 0.25) is 0 Å². The van der Waals surface area contributed by atoms with E-state index in [4.69, 9.17) is 69.6 Å². The van der Waals surface area contributed by atoms with Crippen molar-refractivity contribution in [1.29, 1.82) is 0 Å². The van der Waals surface area contributed by atoms with E-state index in [0.717, 1.165) is 0 Å². The van der Waals surface area contributed by atoms with E-state index in [1.165, 1.54) is 24.3 Å². The average molecular weight is 375 g/mol. The molecule has 1 nitrogen and oxygen atoms in total. The van der Waals surface area contributed by atoms with Gasteiger partial charge >= 0.3 is 0 Å². The van der Waals surface area contributed by atoms with Gasteiger partial charge in [-0.2, -0.15) is 0 Å². The van der Waals surface area contributed by atoms with Crippen molar-refractivity contribution in [3.8, 4) is 0 Å². The van der Waals surface area contributed by atoms with Gasteiger partial charge in [-0.1, -0.05) is 69.6 Å². The summed E-state index contributed by atoms with van der Waals surface area (Å²) in [7, 11) is 0. The predicted molar refractivity (Wildman–Crippen MR) is 84.4 cm³/mol. The minimum Gasteiger partial charge on any atom is -0.243 e. The first-order valence-corrected chi connectivity index (χ1v) is 7.16. The van der Waals surface area contributed by atoms with Crippen LogP contribution in [0.25, 0.3) is 0 Å². The fourth-order valence-corrected chi connectivity index (χ4v) is 3.20. The van der Waals surface area contributed by atoms with Crippen LogP contribution in [0.4, 0.5) is 11.4 Å². The Hall–Kier alpha value is -0.0200. The highest BCUT2D eigenvalue weighted by molar-refractivity contribution is 6.43. The lowest BCUT2D eigenvalue weighted by Gasteiger charge is -2.11. The van der Waals surface area contributed by atoms with Crippen LogP contribution in [0.2, 0.25) is 30.1 Å². The van der Waals surface area contributed by atoms with E-state index < -0.39 is 0 Å². The molecule has 0 fully saturated rings. The number of hydrogen-bond donors (Lipinski definition) is 0. The van der Waals surface area contributed by atoms with Gasteiger partial charge < -0.3 is 0 Å². The maximum absolute atomic E-state index is 6.05. The molecule has 0 bridgehead atoms. The Morgan fingerprint density at radius 1 is 0.526 bits per heavy atom. The van der Waals surface area contributed by atoms with E-state index in [1.807, 2.05) is 0 Å². The first-order valence-electron chi connectivity index (χ1n) is 4.89. The Labute approximate surface area is 140 Å². The third-order valence-corrected chi connectivity index (χ3v) is 3.78. The molecule has 0 saturated carbocycles. The molecule has 0 amide bonds. The zero-order chi connectivity index (χ0) is 14.2. The smallest absolute Gasteiger partial charge is 0.101 e. The van der Waals surface area contributed by atoms with E-state index >= 15 is 0 Å². The second-order valence-corrected chi connectivity index (χ2v) is 6.05. The second kappa shape index (κ2) is 6.17. The molecule has 0 heterocycles. The van der Waals surface area contributed by atoms with Crippen molar-refractivity contribution in [3.63, 3.8) is 0 Å². The van der Waals surface area contributed by atoms with Crippen molar-refractivity contribution < 1.29 is 0 Å². The van der Waals surface area contributed by atoms with Crippen molar-refractivity contribution >= 4 is 81.0 Å². The highest BCUT2D eigenvalue weighted by Crippen LogP contribution is 2.41. The van der Waals surface area contributed by atoms with E-state index in [0.29, 0.717) is 41.5 Å². The fourth-order valence-electron chi connectivity index (χ4n) is 1.39. The van der Waals surface area contributed by atoms with E-state index in [-0.39, 0.29) is 0 Å². The summed E-state index contributed by atoms with van der Waals surface area (Å²) >= 11 is 35.8. The quantitative estimate of drug-likeness (QED) is 0.528. The highest BCUT2D eigenvalue weighted by atomic mass is 35.5. The third kappa shape index (κ3) is 3.55. The van der Waals surface area contributed by atoms with E-state index in [9.17, 15) is 0 Å². The van der Waals surface area contributed by atoms with Crippen LogP contribution in [0.5, 0.6) is 0 Å². The summed E-state index contributed by atoms with van der Waals surface area (Å²) in [5.74, 6) is 0. The van der Waals surface area contributed by atoms with Crippen LogP contribution in [0.3, 0.4) is 0 Å². The van der Waals surface area contributed by atoms with Gasteiger partial charge in [0.15, 0.2) is 0 Å². The lowest BCUT2D eigenvalue weighted by atomic mass is 10.2. The molecule has 1 radical (unpaired) electrons. The minimum atomic E-state index is 0.305. The Kier molecular flexibility index (Phi) is 4.99. The van der Waals surface area contributed by atoms with Gasteiger partial charge in [-0.3, -0.25) is 0 Å². The predicted octanol–water partition coefficient (Wildman–Crippen LogP) is 7.17. The largest absolute Gasteiger partial charge is 0.243 e. The molecule has 2 aromatic rings. The molecule has 0 aliphatic rings. The summed E-state index contributed by atoms with van der Waals surface area (Å²) in [6.07, 6.45) is 0. The molecule has 2 rings (SSSR count). The minimum absolute atomic E-state index is 0.305. The Bertz CT molecular complexity index is 539. The maximum atomic E-state index is 6.05. The van der Waals surface area contributed by atoms with Crippen LogP contribution in [0, 0.1) is 0 Å². The monoisotopic (exact) mass is 372 g/mol. The first kappa shape index (κ1) is 15.4. The van der Waals surface area contributed by atoms with Gasteiger partial charge in [0.1, 0.15) is 11.4 Å². The molecule has 0 spiro atoms. The fraction of sp³-hybridized carbons (Fsp3) is 0. The Morgan fingerprint density at radius 2 is 0.789 bits per heavy atom. The van der Waals surface area contributed by atoms with E-state index in [2.05, 4.69) is 5.32 Å². The molecule has 0 aliphatic carbocycles. The lowest BCUT2D eigenvalue weighted by molar-refractivity contribution is 1.19. The number of benzene rings is 2. The number of rotatable bonds is 2. The van der Waals surface area contributed by atoms with Crippen LogP contribution in [0.15, 0.2) is 24.3 Å². The van der Waals surface area contributed by atoms with Gasteiger partial charge in [-0.15, -0.1) is 0 Å². The van der Waals surface area contributed by atoms with Crippen molar-refractivity contribution in [1.82, 2.24) is 5.32 Å². The molecule has 19 heavy (non-hydrogen) atoms. The number of hydrogen-bond acceptors (Lipinski definition) is 0. The molecule has 0 aliphatic heterocycles. The number of halogens is 6. The first-order chi connectivity index (χ1) is 8.88. The highest BCUT2D eigenvalue weighted by Gasteiger charge is 2.15. The molecule has 0 saturated heterocycles. The lowest BCUT2D eigenvalue weighted by Crippen LogP contribution is -1.93. The van der Waals surface area contributed by atoms with Crippen molar-refractivity contribution in [2.45, 2.75) is 0 Å². The molecule has 7 heteroatoms. The Balaban J connectivity index is 2.48. The topological polar surface area (TPSA) is 14.1 Å². The molecule has 0 unspecified atom stereocenters. The van der Waals surface area contributed by atoms with E-state index in [1.54, 1.807) is 0 Å². The van der Waals surface area contributed by atoms with Gasteiger partial charge in [-0.05, 0) is 24.3 Å².